The number of likely N-dealkylation sites (tertiary alicyclic amines) is 1. The number of carboxylic acid groups (broad SMARTS) is 1. The van der Waals surface area contributed by atoms with Gasteiger partial charge >= 0.3 is 5.97 Å². The smallest absolute Gasteiger partial charge is 0.326 e. The van der Waals surface area contributed by atoms with Crippen molar-refractivity contribution in [1.29, 1.82) is 0 Å². The molecule has 0 unspecified atom stereocenters. The van der Waals surface area contributed by atoms with Crippen LogP contribution in [0.25, 0.3) is 11.3 Å². The zero-order valence-electron chi connectivity index (χ0n) is 28.1. The van der Waals surface area contributed by atoms with E-state index in [0.717, 1.165) is 22.4 Å². The Morgan fingerprint density at radius 2 is 1.54 bits per heavy atom. The molecule has 0 spiro atoms. The fourth-order valence-electron chi connectivity index (χ4n) is 6.87. The van der Waals surface area contributed by atoms with Crippen molar-refractivity contribution in [3.63, 3.8) is 0 Å². The molecule has 4 atom stereocenters. The lowest BCUT2D eigenvalue weighted by Crippen LogP contribution is -2.48. The van der Waals surface area contributed by atoms with Crippen LogP contribution in [0.5, 0.6) is 5.75 Å². The Morgan fingerprint density at radius 3 is 2.11 bits per heavy atom. The van der Waals surface area contributed by atoms with Crippen LogP contribution >= 0.6 is 0 Å². The first-order valence-electron chi connectivity index (χ1n) is 15.8. The quantitative estimate of drug-likeness (QED) is 0.223. The third kappa shape index (κ3) is 6.44. The Bertz CT molecular complexity index is 1690. The highest BCUT2D eigenvalue weighted by molar-refractivity contribution is 5.97. The highest BCUT2D eigenvalue weighted by atomic mass is 16.5. The van der Waals surface area contributed by atoms with E-state index in [2.05, 4.69) is 64.1 Å². The average Bonchev–Trinajstić information content (AvgIpc) is 3.58. The minimum Gasteiger partial charge on any atom is -0.496 e. The number of benzene rings is 3. The van der Waals surface area contributed by atoms with Gasteiger partial charge in [0.15, 0.2) is 0 Å². The van der Waals surface area contributed by atoms with E-state index in [1.165, 1.54) is 5.56 Å². The van der Waals surface area contributed by atoms with Crippen molar-refractivity contribution in [2.24, 2.45) is 18.4 Å². The molecule has 5 rings (SSSR count). The number of nitrogens with zero attached hydrogens (tertiary/aromatic N) is 3. The first-order chi connectivity index (χ1) is 21.7. The van der Waals surface area contributed by atoms with Crippen LogP contribution in [0.1, 0.15) is 74.8 Å². The van der Waals surface area contributed by atoms with Gasteiger partial charge in [-0.2, -0.15) is 5.10 Å². The minimum absolute atomic E-state index is 0.0613. The summed E-state index contributed by atoms with van der Waals surface area (Å²) in [4.78, 5) is 29.6. The van der Waals surface area contributed by atoms with E-state index in [4.69, 9.17) is 4.74 Å². The molecule has 1 amide bonds. The maximum atomic E-state index is 14.7. The second kappa shape index (κ2) is 12.8. The van der Waals surface area contributed by atoms with Crippen LogP contribution in [0.2, 0.25) is 0 Å². The fourth-order valence-corrected chi connectivity index (χ4v) is 6.87. The lowest BCUT2D eigenvalue weighted by atomic mass is 9.72. The molecule has 3 aromatic carbocycles. The van der Waals surface area contributed by atoms with Crippen molar-refractivity contribution in [3.8, 4) is 17.0 Å². The van der Waals surface area contributed by atoms with Crippen molar-refractivity contribution >= 4 is 11.9 Å². The van der Waals surface area contributed by atoms with Crippen LogP contribution in [-0.2, 0) is 23.8 Å². The number of aromatic nitrogens is 2. The van der Waals surface area contributed by atoms with E-state index < -0.39 is 35.4 Å². The van der Waals surface area contributed by atoms with Gasteiger partial charge in [-0.1, -0.05) is 114 Å². The molecule has 1 aliphatic rings. The summed E-state index contributed by atoms with van der Waals surface area (Å²) in [5.74, 6) is -1.08. The van der Waals surface area contributed by atoms with E-state index in [1.54, 1.807) is 29.8 Å². The summed E-state index contributed by atoms with van der Waals surface area (Å²) in [6.45, 7) is 13.1. The minimum atomic E-state index is -1.09. The summed E-state index contributed by atoms with van der Waals surface area (Å²) in [5, 5.41) is 19.3. The third-order valence-electron chi connectivity index (χ3n) is 9.14. The number of methoxy groups -OCH3 is 1. The van der Waals surface area contributed by atoms with Gasteiger partial charge in [0.1, 0.15) is 17.5 Å². The largest absolute Gasteiger partial charge is 0.496 e. The topological polar surface area (TPSA) is 96.7 Å². The summed E-state index contributed by atoms with van der Waals surface area (Å²) in [6, 6.07) is 25.4. The molecule has 1 fully saturated rings. The number of aliphatic carboxylic acids is 1. The Kier molecular flexibility index (Phi) is 9.14. The molecule has 2 heterocycles. The molecule has 0 saturated carbocycles. The molecule has 2 N–H and O–H groups in total. The molecular formula is C38H46N4O4. The molecule has 0 radical (unpaired) electrons. The number of carbonyl (C=O) groups excluding carboxylic acids is 1. The van der Waals surface area contributed by atoms with E-state index >= 15 is 0 Å². The molecule has 1 aliphatic heterocycles. The van der Waals surface area contributed by atoms with Gasteiger partial charge in [-0.3, -0.25) is 9.48 Å². The van der Waals surface area contributed by atoms with Crippen LogP contribution in [-0.4, -0.2) is 50.9 Å². The fraction of sp³-hybridized carbons (Fsp3) is 0.395. The first-order valence-corrected chi connectivity index (χ1v) is 15.8. The van der Waals surface area contributed by atoms with Crippen LogP contribution in [0.4, 0.5) is 0 Å². The zero-order chi connectivity index (χ0) is 33.4. The van der Waals surface area contributed by atoms with Crippen molar-refractivity contribution in [1.82, 2.24) is 20.0 Å². The van der Waals surface area contributed by atoms with Crippen LogP contribution in [0, 0.1) is 11.3 Å². The molecule has 8 heteroatoms. The summed E-state index contributed by atoms with van der Waals surface area (Å²) < 4.78 is 7.31. The predicted molar refractivity (Wildman–Crippen MR) is 181 cm³/mol. The number of amides is 1. The van der Waals surface area contributed by atoms with Crippen molar-refractivity contribution in [3.05, 3.63) is 107 Å². The number of carboxylic acids is 1. The molecule has 46 heavy (non-hydrogen) atoms. The van der Waals surface area contributed by atoms with Gasteiger partial charge in [0.25, 0.3) is 5.91 Å². The number of ether oxygens (including phenoxy) is 1. The van der Waals surface area contributed by atoms with Crippen molar-refractivity contribution < 1.29 is 19.4 Å². The standard InChI is InChI=1S/C38H46N4O4/c1-37(2,3)27-19-20-30(46-8)26(21-27)23-39-32-31(38(4,5)6)34(36(44)45)42(33(32)25-17-13-10-14-18-25)35(43)29-22-28(40-41(29)7)24-15-11-9-12-16-24/h9-22,31-34,39H,23H2,1-8H3,(H,44,45)/t31-,32-,33-,34-/m0/s1. The molecular weight excluding hydrogens is 576 g/mol. The van der Waals surface area contributed by atoms with Gasteiger partial charge in [0.05, 0.1) is 18.8 Å². The highest BCUT2D eigenvalue weighted by Crippen LogP contribution is 2.49. The summed E-state index contributed by atoms with van der Waals surface area (Å²) in [6.07, 6.45) is 0. The molecule has 1 saturated heterocycles. The molecule has 8 nitrogen and oxygen atoms in total. The van der Waals surface area contributed by atoms with Crippen molar-refractivity contribution in [2.45, 2.75) is 71.6 Å². The molecule has 1 aromatic heterocycles. The van der Waals surface area contributed by atoms with Gasteiger partial charge in [-0.05, 0) is 34.1 Å². The Labute approximate surface area is 272 Å². The van der Waals surface area contributed by atoms with Gasteiger partial charge in [0.2, 0.25) is 0 Å². The highest BCUT2D eigenvalue weighted by Gasteiger charge is 2.58. The van der Waals surface area contributed by atoms with E-state index in [-0.39, 0.29) is 11.3 Å². The predicted octanol–water partition coefficient (Wildman–Crippen LogP) is 6.86. The Balaban J connectivity index is 1.63. The number of nitrogens with one attached hydrogen (secondary N) is 1. The maximum Gasteiger partial charge on any atom is 0.326 e. The number of hydrogen-bond acceptors (Lipinski definition) is 5. The number of carbonyl (C=O) groups is 2. The SMILES string of the molecule is COc1ccc(C(C)(C)C)cc1CN[C@H]1[C@H](C(C)(C)C)[C@@H](C(=O)O)N(C(=O)c2cc(-c3ccccc3)nn2C)[C@H]1c1ccccc1. The summed E-state index contributed by atoms with van der Waals surface area (Å²) in [7, 11) is 3.39. The lowest BCUT2D eigenvalue weighted by molar-refractivity contribution is -0.144. The lowest BCUT2D eigenvalue weighted by Gasteiger charge is -2.35. The third-order valence-corrected chi connectivity index (χ3v) is 9.14. The van der Waals surface area contributed by atoms with E-state index in [0.29, 0.717) is 17.9 Å². The van der Waals surface area contributed by atoms with Crippen LogP contribution in [0.15, 0.2) is 84.9 Å². The number of hydrogen-bond donors (Lipinski definition) is 2. The second-order valence-corrected chi connectivity index (χ2v) is 14.3. The first kappa shape index (κ1) is 32.9. The van der Waals surface area contributed by atoms with Gasteiger partial charge in [-0.15, -0.1) is 0 Å². The van der Waals surface area contributed by atoms with E-state index in [1.807, 2.05) is 66.7 Å². The number of rotatable bonds is 8. The molecule has 4 aromatic rings. The van der Waals surface area contributed by atoms with Gasteiger partial charge < -0.3 is 20.1 Å². The van der Waals surface area contributed by atoms with Crippen molar-refractivity contribution in [2.75, 3.05) is 7.11 Å². The molecule has 0 aliphatic carbocycles. The molecule has 242 valence electrons. The zero-order valence-corrected chi connectivity index (χ0v) is 28.1. The Morgan fingerprint density at radius 1 is 0.913 bits per heavy atom. The normalized spacial score (nSPS) is 20.1. The maximum absolute atomic E-state index is 14.7. The van der Waals surface area contributed by atoms with Gasteiger partial charge in [0, 0.05) is 36.7 Å². The van der Waals surface area contributed by atoms with Gasteiger partial charge in [-0.25, -0.2) is 4.79 Å². The monoisotopic (exact) mass is 622 g/mol. The second-order valence-electron chi connectivity index (χ2n) is 14.3. The van der Waals surface area contributed by atoms with Crippen LogP contribution in [0.3, 0.4) is 0 Å². The van der Waals surface area contributed by atoms with E-state index in [9.17, 15) is 14.7 Å². The molecule has 0 bridgehead atoms. The summed E-state index contributed by atoms with van der Waals surface area (Å²) >= 11 is 0. The average molecular weight is 623 g/mol. The summed E-state index contributed by atoms with van der Waals surface area (Å²) in [5.41, 5.74) is 4.36. The van der Waals surface area contributed by atoms with Crippen LogP contribution < -0.4 is 10.1 Å². The Hall–Kier alpha value is -4.43. The number of aryl methyl sites for hydroxylation is 1.